The van der Waals surface area contributed by atoms with E-state index in [1.807, 2.05) is 49.6 Å². The number of rotatable bonds is 2. The predicted octanol–water partition coefficient (Wildman–Crippen LogP) is 2.65. The molecule has 0 spiro atoms. The fraction of sp³-hybridized carbons (Fsp3) is 0.190. The zero-order valence-electron chi connectivity index (χ0n) is 15.0. The van der Waals surface area contributed by atoms with Gasteiger partial charge in [0.1, 0.15) is 6.33 Å². The molecule has 0 bridgehead atoms. The van der Waals surface area contributed by atoms with Gasteiger partial charge in [-0.1, -0.05) is 12.1 Å². The van der Waals surface area contributed by atoms with Crippen molar-refractivity contribution >= 4 is 27.4 Å². The molecule has 0 saturated carbocycles. The Bertz CT molecular complexity index is 1260. The molecule has 0 amide bonds. The second-order valence-corrected chi connectivity index (χ2v) is 6.88. The van der Waals surface area contributed by atoms with E-state index in [1.165, 1.54) is 5.57 Å². The normalized spacial score (nSPS) is 14.6. The highest BCUT2D eigenvalue weighted by atomic mass is 16.1. The van der Waals surface area contributed by atoms with Crippen molar-refractivity contribution in [1.82, 2.24) is 24.6 Å². The van der Waals surface area contributed by atoms with E-state index in [0.717, 1.165) is 47.2 Å². The van der Waals surface area contributed by atoms with Crippen molar-refractivity contribution in [3.8, 4) is 5.69 Å². The van der Waals surface area contributed by atoms with E-state index in [9.17, 15) is 4.79 Å². The van der Waals surface area contributed by atoms with Crippen LogP contribution in [0.1, 0.15) is 12.0 Å². The Hall–Kier alpha value is -3.25. The molecule has 0 atom stereocenters. The van der Waals surface area contributed by atoms with Crippen LogP contribution in [0.2, 0.25) is 0 Å². The molecule has 0 unspecified atom stereocenters. The van der Waals surface area contributed by atoms with Gasteiger partial charge in [-0.3, -0.25) is 14.0 Å². The predicted molar refractivity (Wildman–Crippen MR) is 107 cm³/mol. The van der Waals surface area contributed by atoms with Crippen molar-refractivity contribution < 1.29 is 0 Å². The first-order valence-corrected chi connectivity index (χ1v) is 9.04. The molecule has 6 heteroatoms. The van der Waals surface area contributed by atoms with Crippen molar-refractivity contribution in [2.45, 2.75) is 6.42 Å². The average molecular weight is 357 g/mol. The fourth-order valence-corrected chi connectivity index (χ4v) is 3.68. The Labute approximate surface area is 155 Å². The zero-order chi connectivity index (χ0) is 18.4. The van der Waals surface area contributed by atoms with Crippen molar-refractivity contribution in [1.29, 1.82) is 0 Å². The second-order valence-electron chi connectivity index (χ2n) is 6.88. The molecule has 6 nitrogen and oxygen atoms in total. The Morgan fingerprint density at radius 2 is 2.04 bits per heavy atom. The van der Waals surface area contributed by atoms with E-state index < -0.39 is 0 Å². The summed E-state index contributed by atoms with van der Waals surface area (Å²) in [6.45, 7) is 1.87. The van der Waals surface area contributed by atoms with Crippen LogP contribution in [0.4, 0.5) is 0 Å². The topological polar surface area (TPSA) is 64.7 Å². The van der Waals surface area contributed by atoms with Crippen LogP contribution in [0.5, 0.6) is 0 Å². The first-order chi connectivity index (χ1) is 13.2. The molecular weight excluding hydrogens is 338 g/mol. The Morgan fingerprint density at radius 1 is 1.11 bits per heavy atom. The molecular formula is C21H19N5O. The van der Waals surface area contributed by atoms with Gasteiger partial charge in [-0.05, 0) is 54.4 Å². The maximum Gasteiger partial charge on any atom is 0.265 e. The van der Waals surface area contributed by atoms with E-state index in [4.69, 9.17) is 0 Å². The van der Waals surface area contributed by atoms with E-state index in [-0.39, 0.29) is 5.56 Å². The second kappa shape index (κ2) is 6.17. The summed E-state index contributed by atoms with van der Waals surface area (Å²) in [6.07, 6.45) is 6.75. The van der Waals surface area contributed by atoms with Gasteiger partial charge < -0.3 is 5.32 Å². The third-order valence-corrected chi connectivity index (χ3v) is 5.07. The lowest BCUT2D eigenvalue weighted by molar-refractivity contribution is 0.738. The molecule has 3 heterocycles. The van der Waals surface area contributed by atoms with E-state index in [1.54, 1.807) is 15.6 Å². The fourth-order valence-electron chi connectivity index (χ4n) is 3.68. The van der Waals surface area contributed by atoms with E-state index in [2.05, 4.69) is 21.5 Å². The lowest BCUT2D eigenvalue weighted by atomic mass is 9.99. The number of nitrogens with one attached hydrogen (secondary N) is 1. The summed E-state index contributed by atoms with van der Waals surface area (Å²) in [7, 11) is 1.89. The molecule has 0 aliphatic carbocycles. The van der Waals surface area contributed by atoms with Crippen molar-refractivity contribution in [2.24, 2.45) is 7.05 Å². The summed E-state index contributed by atoms with van der Waals surface area (Å²) < 4.78 is 3.37. The minimum absolute atomic E-state index is 0.0610. The van der Waals surface area contributed by atoms with Crippen LogP contribution in [-0.2, 0) is 7.05 Å². The quantitative estimate of drug-likeness (QED) is 0.599. The molecule has 27 heavy (non-hydrogen) atoms. The van der Waals surface area contributed by atoms with E-state index >= 15 is 0 Å². The minimum Gasteiger partial charge on any atom is -0.313 e. The first-order valence-electron chi connectivity index (χ1n) is 9.04. The molecule has 1 N–H and O–H groups in total. The standard InChI is InChI=1S/C21H19N5O/c1-25-12-16-10-17(3-5-19(16)24-25)26-13-23-20-11-15(2-4-18(20)21(26)27)14-6-8-22-9-7-14/h2-6,10-13,22H,7-9H2,1H3. The van der Waals surface area contributed by atoms with Crippen molar-refractivity contribution in [3.63, 3.8) is 0 Å². The van der Waals surface area contributed by atoms with Crippen LogP contribution in [0.15, 0.2) is 59.8 Å². The van der Waals surface area contributed by atoms with Gasteiger partial charge in [0.15, 0.2) is 0 Å². The lowest BCUT2D eigenvalue weighted by Gasteiger charge is -2.14. The van der Waals surface area contributed by atoms with Crippen LogP contribution >= 0.6 is 0 Å². The van der Waals surface area contributed by atoms with Gasteiger partial charge in [-0.2, -0.15) is 5.10 Å². The molecule has 2 aromatic carbocycles. The van der Waals surface area contributed by atoms with Gasteiger partial charge in [-0.15, -0.1) is 0 Å². The van der Waals surface area contributed by atoms with Crippen LogP contribution in [0.25, 0.3) is 33.1 Å². The third kappa shape index (κ3) is 2.74. The van der Waals surface area contributed by atoms with Crippen molar-refractivity contribution in [3.05, 3.63) is 70.9 Å². The Kier molecular flexibility index (Phi) is 3.65. The maximum atomic E-state index is 13.0. The molecule has 2 aromatic heterocycles. The lowest BCUT2D eigenvalue weighted by Crippen LogP contribution is -2.20. The molecule has 4 aromatic rings. The monoisotopic (exact) mass is 357 g/mol. The summed E-state index contributed by atoms with van der Waals surface area (Å²) >= 11 is 0. The number of nitrogens with zero attached hydrogens (tertiary/aromatic N) is 4. The minimum atomic E-state index is -0.0610. The molecule has 0 radical (unpaired) electrons. The average Bonchev–Trinajstić information content (AvgIpc) is 3.08. The maximum absolute atomic E-state index is 13.0. The van der Waals surface area contributed by atoms with Gasteiger partial charge in [0, 0.05) is 25.2 Å². The number of aryl methyl sites for hydroxylation is 1. The van der Waals surface area contributed by atoms with E-state index in [0.29, 0.717) is 5.39 Å². The highest BCUT2D eigenvalue weighted by Crippen LogP contribution is 2.23. The van der Waals surface area contributed by atoms with Crippen LogP contribution in [-0.4, -0.2) is 32.4 Å². The number of fused-ring (bicyclic) bond motifs is 2. The van der Waals surface area contributed by atoms with Crippen LogP contribution in [0.3, 0.4) is 0 Å². The number of aromatic nitrogens is 4. The third-order valence-electron chi connectivity index (χ3n) is 5.07. The van der Waals surface area contributed by atoms with Gasteiger partial charge in [-0.25, -0.2) is 4.98 Å². The number of hydrogen-bond donors (Lipinski definition) is 1. The van der Waals surface area contributed by atoms with Crippen LogP contribution in [0, 0.1) is 0 Å². The molecule has 0 fully saturated rings. The zero-order valence-corrected chi connectivity index (χ0v) is 15.0. The first kappa shape index (κ1) is 16.0. The van der Waals surface area contributed by atoms with Crippen LogP contribution < -0.4 is 10.9 Å². The summed E-state index contributed by atoms with van der Waals surface area (Å²) in [4.78, 5) is 17.6. The Balaban J connectivity index is 1.62. The van der Waals surface area contributed by atoms with Crippen molar-refractivity contribution in [2.75, 3.05) is 13.1 Å². The van der Waals surface area contributed by atoms with Gasteiger partial charge >= 0.3 is 0 Å². The van der Waals surface area contributed by atoms with Gasteiger partial charge in [0.25, 0.3) is 5.56 Å². The molecule has 134 valence electrons. The summed E-state index contributed by atoms with van der Waals surface area (Å²) in [5.41, 5.74) is 4.82. The van der Waals surface area contributed by atoms with Gasteiger partial charge in [0.05, 0.1) is 22.1 Å². The molecule has 1 aliphatic heterocycles. The summed E-state index contributed by atoms with van der Waals surface area (Å²) in [6, 6.07) is 11.7. The largest absolute Gasteiger partial charge is 0.313 e. The number of hydrogen-bond acceptors (Lipinski definition) is 4. The molecule has 0 saturated heterocycles. The summed E-state index contributed by atoms with van der Waals surface area (Å²) in [5, 5.41) is 9.32. The molecule has 1 aliphatic rings. The smallest absolute Gasteiger partial charge is 0.265 e. The van der Waals surface area contributed by atoms with Gasteiger partial charge in [0.2, 0.25) is 0 Å². The molecule has 5 rings (SSSR count). The Morgan fingerprint density at radius 3 is 2.89 bits per heavy atom. The summed E-state index contributed by atoms with van der Waals surface area (Å²) in [5.74, 6) is 0. The highest BCUT2D eigenvalue weighted by Gasteiger charge is 2.11. The SMILES string of the molecule is Cn1cc2cc(-n3cnc4cc(C5=CCNCC5)ccc4c3=O)ccc2n1. The number of benzene rings is 2. The highest BCUT2D eigenvalue weighted by molar-refractivity contribution is 5.84.